The number of carbonyl (C=O) groups is 1. The molecule has 0 bridgehead atoms. The number of anilines is 2. The first-order valence-electron chi connectivity index (χ1n) is 9.76. The predicted molar refractivity (Wildman–Crippen MR) is 112 cm³/mol. The second-order valence-electron chi connectivity index (χ2n) is 7.46. The Hall–Kier alpha value is -3.60. The number of para-hydroxylation sites is 1. The van der Waals surface area contributed by atoms with E-state index < -0.39 is 0 Å². The predicted octanol–water partition coefficient (Wildman–Crippen LogP) is 5.43. The second kappa shape index (κ2) is 7.09. The van der Waals surface area contributed by atoms with Crippen molar-refractivity contribution in [2.45, 2.75) is 25.7 Å². The van der Waals surface area contributed by atoms with Gasteiger partial charge in [-0.1, -0.05) is 30.3 Å². The van der Waals surface area contributed by atoms with E-state index in [1.165, 1.54) is 0 Å². The number of rotatable bonds is 4. The third-order valence-electron chi connectivity index (χ3n) is 5.36. The molecule has 5 nitrogen and oxygen atoms in total. The van der Waals surface area contributed by atoms with Crippen molar-refractivity contribution in [2.24, 2.45) is 0 Å². The minimum absolute atomic E-state index is 0.0241. The Morgan fingerprint density at radius 3 is 2.66 bits per heavy atom. The molecule has 1 aliphatic carbocycles. The summed E-state index contributed by atoms with van der Waals surface area (Å²) < 4.78 is 7.49. The van der Waals surface area contributed by atoms with Gasteiger partial charge in [0.2, 0.25) is 0 Å². The number of hydrogen-bond acceptors (Lipinski definition) is 4. The third kappa shape index (κ3) is 3.25. The fourth-order valence-corrected chi connectivity index (χ4v) is 4.02. The Labute approximate surface area is 169 Å². The zero-order chi connectivity index (χ0) is 19.8. The van der Waals surface area contributed by atoms with Crippen LogP contribution in [0.15, 0.2) is 77.4 Å². The number of Topliss-reactive ketones (excluding diaryl/α,β-unsaturated/α-hetero) is 1. The fourth-order valence-electron chi connectivity index (χ4n) is 4.02. The quantitative estimate of drug-likeness (QED) is 0.510. The van der Waals surface area contributed by atoms with Gasteiger partial charge in [0, 0.05) is 24.4 Å². The number of nitrogens with zero attached hydrogens (tertiary/aromatic N) is 2. The number of benzene rings is 2. The van der Waals surface area contributed by atoms with Crippen LogP contribution in [0.3, 0.4) is 0 Å². The molecule has 1 atom stereocenters. The highest BCUT2D eigenvalue weighted by molar-refractivity contribution is 6.03. The summed E-state index contributed by atoms with van der Waals surface area (Å²) in [5.41, 5.74) is 4.61. The number of nitrogens with one attached hydrogen (secondary N) is 1. The molecular weight excluding hydrogens is 362 g/mol. The van der Waals surface area contributed by atoms with Crippen LogP contribution in [-0.2, 0) is 6.42 Å². The number of carbonyl (C=O) groups excluding carboxylic acids is 1. The lowest BCUT2D eigenvalue weighted by molar-refractivity contribution is 0.0960. The Kier molecular flexibility index (Phi) is 4.28. The van der Waals surface area contributed by atoms with Crippen molar-refractivity contribution in [1.29, 1.82) is 0 Å². The first-order valence-corrected chi connectivity index (χ1v) is 9.76. The maximum Gasteiger partial charge on any atom is 0.169 e. The summed E-state index contributed by atoms with van der Waals surface area (Å²) in [7, 11) is 0. The van der Waals surface area contributed by atoms with Gasteiger partial charge in [0.15, 0.2) is 11.6 Å². The van der Waals surface area contributed by atoms with Gasteiger partial charge in [-0.3, -0.25) is 4.79 Å². The van der Waals surface area contributed by atoms with Gasteiger partial charge < -0.3 is 9.73 Å². The molecule has 1 N–H and O–H groups in total. The monoisotopic (exact) mass is 383 g/mol. The number of hydrogen-bond donors (Lipinski definition) is 1. The van der Waals surface area contributed by atoms with Crippen LogP contribution >= 0.6 is 0 Å². The van der Waals surface area contributed by atoms with Crippen LogP contribution in [0.25, 0.3) is 5.69 Å². The number of ketones is 1. The molecule has 29 heavy (non-hydrogen) atoms. The van der Waals surface area contributed by atoms with Gasteiger partial charge >= 0.3 is 0 Å². The molecule has 0 fully saturated rings. The number of fused-ring (bicyclic) bond motifs is 1. The molecule has 2 heterocycles. The highest BCUT2D eigenvalue weighted by Crippen LogP contribution is 2.38. The number of aromatic nitrogens is 2. The molecule has 0 unspecified atom stereocenters. The molecule has 0 spiro atoms. The summed E-state index contributed by atoms with van der Waals surface area (Å²) in [6.07, 6.45) is 2.78. The summed E-state index contributed by atoms with van der Waals surface area (Å²) in [6, 6.07) is 21.8. The van der Waals surface area contributed by atoms with Gasteiger partial charge in [-0.05, 0) is 48.9 Å². The SMILES string of the molecule is Cc1cccc(Nc2nn(-c3ccccc3)c3c2C(=O)C[C@H](c2ccco2)C3)c1. The van der Waals surface area contributed by atoms with Gasteiger partial charge in [-0.15, -0.1) is 5.10 Å². The van der Waals surface area contributed by atoms with Crippen molar-refractivity contribution in [3.8, 4) is 5.69 Å². The summed E-state index contributed by atoms with van der Waals surface area (Å²) in [6.45, 7) is 2.04. The van der Waals surface area contributed by atoms with E-state index in [2.05, 4.69) is 5.32 Å². The Bertz CT molecular complexity index is 1160. The van der Waals surface area contributed by atoms with Crippen LogP contribution in [0.5, 0.6) is 0 Å². The number of furan rings is 1. The van der Waals surface area contributed by atoms with Gasteiger partial charge in [-0.2, -0.15) is 0 Å². The summed E-state index contributed by atoms with van der Waals surface area (Å²) in [4.78, 5) is 13.2. The average molecular weight is 383 g/mol. The van der Waals surface area contributed by atoms with E-state index in [-0.39, 0.29) is 11.7 Å². The summed E-state index contributed by atoms with van der Waals surface area (Å²) in [5.74, 6) is 1.57. The van der Waals surface area contributed by atoms with E-state index in [0.717, 1.165) is 28.4 Å². The molecule has 5 rings (SSSR count). The Morgan fingerprint density at radius 2 is 1.90 bits per heavy atom. The highest BCUT2D eigenvalue weighted by atomic mass is 16.3. The lowest BCUT2D eigenvalue weighted by atomic mass is 9.85. The molecule has 2 aromatic carbocycles. The fraction of sp³-hybridized carbons (Fsp3) is 0.167. The third-order valence-corrected chi connectivity index (χ3v) is 5.36. The van der Waals surface area contributed by atoms with Crippen molar-refractivity contribution >= 4 is 17.3 Å². The molecule has 0 saturated carbocycles. The van der Waals surface area contributed by atoms with E-state index >= 15 is 0 Å². The van der Waals surface area contributed by atoms with E-state index in [9.17, 15) is 4.79 Å². The zero-order valence-electron chi connectivity index (χ0n) is 16.1. The van der Waals surface area contributed by atoms with E-state index in [1.54, 1.807) is 6.26 Å². The largest absolute Gasteiger partial charge is 0.469 e. The van der Waals surface area contributed by atoms with Crippen LogP contribution in [0.4, 0.5) is 11.5 Å². The molecule has 5 heteroatoms. The number of aryl methyl sites for hydroxylation is 1. The van der Waals surface area contributed by atoms with Gasteiger partial charge in [0.1, 0.15) is 5.76 Å². The molecule has 0 radical (unpaired) electrons. The Morgan fingerprint density at radius 1 is 1.03 bits per heavy atom. The van der Waals surface area contributed by atoms with E-state index in [1.807, 2.05) is 78.3 Å². The second-order valence-corrected chi connectivity index (χ2v) is 7.46. The molecular formula is C24H21N3O2. The van der Waals surface area contributed by atoms with E-state index in [4.69, 9.17) is 9.52 Å². The molecule has 144 valence electrons. The molecule has 0 amide bonds. The van der Waals surface area contributed by atoms with E-state index in [0.29, 0.717) is 24.2 Å². The van der Waals surface area contributed by atoms with Crippen LogP contribution in [0.1, 0.15) is 39.7 Å². The minimum Gasteiger partial charge on any atom is -0.469 e. The molecule has 2 aromatic heterocycles. The van der Waals surface area contributed by atoms with Crippen molar-refractivity contribution in [1.82, 2.24) is 9.78 Å². The summed E-state index contributed by atoms with van der Waals surface area (Å²) in [5, 5.41) is 8.17. The normalized spacial score (nSPS) is 15.9. The lowest BCUT2D eigenvalue weighted by Crippen LogP contribution is -2.20. The first kappa shape index (κ1) is 17.5. The van der Waals surface area contributed by atoms with Crippen LogP contribution in [-0.4, -0.2) is 15.6 Å². The van der Waals surface area contributed by atoms with Crippen molar-refractivity contribution < 1.29 is 9.21 Å². The standard InChI is InChI=1S/C24H21N3O2/c1-16-7-5-8-18(13-16)25-24-23-20(27(26-24)19-9-3-2-4-10-19)14-17(15-21(23)28)22-11-6-12-29-22/h2-13,17H,14-15H2,1H3,(H,25,26)/t17-/m1/s1. The average Bonchev–Trinajstić information content (AvgIpc) is 3.37. The smallest absolute Gasteiger partial charge is 0.169 e. The topological polar surface area (TPSA) is 60.1 Å². The van der Waals surface area contributed by atoms with Gasteiger partial charge in [-0.25, -0.2) is 4.68 Å². The van der Waals surface area contributed by atoms with Crippen molar-refractivity contribution in [3.63, 3.8) is 0 Å². The van der Waals surface area contributed by atoms with Crippen molar-refractivity contribution in [2.75, 3.05) is 5.32 Å². The lowest BCUT2D eigenvalue weighted by Gasteiger charge is -2.21. The molecule has 0 aliphatic heterocycles. The van der Waals surface area contributed by atoms with Crippen molar-refractivity contribution in [3.05, 3.63) is 95.6 Å². The summed E-state index contributed by atoms with van der Waals surface area (Å²) >= 11 is 0. The molecule has 1 aliphatic rings. The maximum absolute atomic E-state index is 13.2. The van der Waals surface area contributed by atoms with Crippen LogP contribution in [0.2, 0.25) is 0 Å². The highest BCUT2D eigenvalue weighted by Gasteiger charge is 2.34. The van der Waals surface area contributed by atoms with Gasteiger partial charge in [0.05, 0.1) is 23.2 Å². The maximum atomic E-state index is 13.2. The van der Waals surface area contributed by atoms with Gasteiger partial charge in [0.25, 0.3) is 0 Å². The van der Waals surface area contributed by atoms with Crippen LogP contribution in [0, 0.1) is 6.92 Å². The molecule has 0 saturated heterocycles. The minimum atomic E-state index is 0.0241. The zero-order valence-corrected chi connectivity index (χ0v) is 16.1. The Balaban J connectivity index is 1.62. The molecule has 4 aromatic rings. The van der Waals surface area contributed by atoms with Crippen LogP contribution < -0.4 is 5.32 Å². The first-order chi connectivity index (χ1) is 14.2.